The third-order valence-corrected chi connectivity index (χ3v) is 3.78. The molecule has 0 amide bonds. The zero-order valence-electron chi connectivity index (χ0n) is 11.6. The molecule has 18 heavy (non-hydrogen) atoms. The Morgan fingerprint density at radius 2 is 1.94 bits per heavy atom. The van der Waals surface area contributed by atoms with E-state index in [0.29, 0.717) is 0 Å². The van der Waals surface area contributed by atoms with Crippen LogP contribution in [0, 0.1) is 5.41 Å². The zero-order valence-corrected chi connectivity index (χ0v) is 11.6. The highest BCUT2D eigenvalue weighted by molar-refractivity contribution is 5.28. The molecule has 0 saturated carbocycles. The second-order valence-corrected chi connectivity index (χ2v) is 5.17. The summed E-state index contributed by atoms with van der Waals surface area (Å²) < 4.78 is 5.15. The van der Waals surface area contributed by atoms with Crippen molar-refractivity contribution in [1.82, 2.24) is 0 Å². The van der Waals surface area contributed by atoms with E-state index >= 15 is 0 Å². The molecule has 102 valence electrons. The van der Waals surface area contributed by atoms with Gasteiger partial charge in [-0.2, -0.15) is 0 Å². The number of aliphatic hydroxyl groups is 1. The van der Waals surface area contributed by atoms with E-state index in [-0.39, 0.29) is 18.1 Å². The highest BCUT2D eigenvalue weighted by Crippen LogP contribution is 2.31. The summed E-state index contributed by atoms with van der Waals surface area (Å²) in [7, 11) is 1.66. The number of aliphatic hydroxyl groups excluding tert-OH is 1. The smallest absolute Gasteiger partial charge is 0.118 e. The van der Waals surface area contributed by atoms with Gasteiger partial charge in [0.2, 0.25) is 0 Å². The van der Waals surface area contributed by atoms with Crippen molar-refractivity contribution in [2.75, 3.05) is 13.7 Å². The van der Waals surface area contributed by atoms with Gasteiger partial charge in [-0.3, -0.25) is 0 Å². The van der Waals surface area contributed by atoms with Crippen LogP contribution in [0.5, 0.6) is 5.75 Å². The fraction of sp³-hybridized carbons (Fsp3) is 0.600. The Labute approximate surface area is 110 Å². The molecule has 0 saturated heterocycles. The minimum absolute atomic E-state index is 0.0575. The van der Waals surface area contributed by atoms with Crippen LogP contribution in [0.3, 0.4) is 0 Å². The predicted molar refractivity (Wildman–Crippen MR) is 74.8 cm³/mol. The first-order valence-electron chi connectivity index (χ1n) is 6.55. The van der Waals surface area contributed by atoms with Crippen LogP contribution in [-0.4, -0.2) is 24.9 Å². The molecule has 0 aliphatic rings. The second-order valence-electron chi connectivity index (χ2n) is 5.17. The normalized spacial score (nSPS) is 16.1. The fourth-order valence-corrected chi connectivity index (χ4v) is 2.36. The van der Waals surface area contributed by atoms with Crippen LogP contribution in [0.4, 0.5) is 0 Å². The third-order valence-electron chi connectivity index (χ3n) is 3.78. The van der Waals surface area contributed by atoms with Crippen LogP contribution >= 0.6 is 0 Å². The maximum atomic E-state index is 9.23. The van der Waals surface area contributed by atoms with Crippen molar-refractivity contribution >= 4 is 0 Å². The molecule has 1 aromatic rings. The van der Waals surface area contributed by atoms with Gasteiger partial charge in [-0.05, 0) is 42.4 Å². The van der Waals surface area contributed by atoms with Gasteiger partial charge in [-0.1, -0.05) is 26.0 Å². The number of nitrogens with two attached hydrogens (primary N) is 1. The highest BCUT2D eigenvalue weighted by atomic mass is 16.5. The maximum Gasteiger partial charge on any atom is 0.118 e. The number of benzene rings is 1. The first-order valence-corrected chi connectivity index (χ1v) is 6.55. The van der Waals surface area contributed by atoms with Gasteiger partial charge in [0.05, 0.1) is 7.11 Å². The van der Waals surface area contributed by atoms with Crippen LogP contribution < -0.4 is 10.5 Å². The summed E-state index contributed by atoms with van der Waals surface area (Å²) >= 11 is 0. The lowest BCUT2D eigenvalue weighted by Gasteiger charge is -2.35. The van der Waals surface area contributed by atoms with E-state index in [1.54, 1.807) is 7.11 Å². The third kappa shape index (κ3) is 3.72. The quantitative estimate of drug-likeness (QED) is 0.782. The van der Waals surface area contributed by atoms with Crippen molar-refractivity contribution in [1.29, 1.82) is 0 Å². The Kier molecular flexibility index (Phi) is 5.63. The summed E-state index contributed by atoms with van der Waals surface area (Å²) in [6.07, 6.45) is 2.53. The highest BCUT2D eigenvalue weighted by Gasteiger charge is 2.30. The Hall–Kier alpha value is -1.06. The van der Waals surface area contributed by atoms with Gasteiger partial charge in [0.1, 0.15) is 5.75 Å². The number of hydrogen-bond acceptors (Lipinski definition) is 3. The number of ether oxygens (including phenoxy) is 1. The molecule has 1 aromatic carbocycles. The first kappa shape index (κ1) is 15.0. The lowest BCUT2D eigenvalue weighted by Crippen LogP contribution is -2.41. The second kappa shape index (κ2) is 6.76. The van der Waals surface area contributed by atoms with Gasteiger partial charge in [-0.15, -0.1) is 0 Å². The molecule has 0 fully saturated rings. The summed E-state index contributed by atoms with van der Waals surface area (Å²) in [4.78, 5) is 0. The van der Waals surface area contributed by atoms with Gasteiger partial charge in [0.15, 0.2) is 0 Å². The van der Waals surface area contributed by atoms with Crippen molar-refractivity contribution in [2.45, 2.75) is 39.2 Å². The summed E-state index contributed by atoms with van der Waals surface area (Å²) in [5.74, 6) is 0.863. The fourth-order valence-electron chi connectivity index (χ4n) is 2.36. The minimum atomic E-state index is -0.0575. The molecule has 0 radical (unpaired) electrons. The number of hydrogen-bond donors (Lipinski definition) is 2. The molecule has 2 atom stereocenters. The van der Waals surface area contributed by atoms with Crippen LogP contribution in [-0.2, 0) is 6.42 Å². The van der Waals surface area contributed by atoms with Crippen molar-refractivity contribution in [3.8, 4) is 5.75 Å². The Bertz CT molecular complexity index is 350. The van der Waals surface area contributed by atoms with E-state index in [4.69, 9.17) is 10.5 Å². The van der Waals surface area contributed by atoms with E-state index < -0.39 is 0 Å². The average molecular weight is 251 g/mol. The molecule has 0 aliphatic carbocycles. The standard InChI is InChI=1S/C15H25NO2/c1-4-14(16)15(2,9-10-17)11-12-5-7-13(18-3)8-6-12/h5-8,14,17H,4,9-11,16H2,1-3H3. The Balaban J connectivity index is 2.81. The molecule has 3 nitrogen and oxygen atoms in total. The number of methoxy groups -OCH3 is 1. The lowest BCUT2D eigenvalue weighted by atomic mass is 9.74. The predicted octanol–water partition coefficient (Wildman–Crippen LogP) is 2.36. The summed E-state index contributed by atoms with van der Waals surface area (Å²) in [5, 5.41) is 9.23. The maximum absolute atomic E-state index is 9.23. The van der Waals surface area contributed by atoms with Crippen LogP contribution in [0.1, 0.15) is 32.3 Å². The van der Waals surface area contributed by atoms with E-state index in [1.165, 1.54) is 5.56 Å². The lowest BCUT2D eigenvalue weighted by molar-refractivity contribution is 0.162. The molecule has 0 aliphatic heterocycles. The van der Waals surface area contributed by atoms with E-state index in [1.807, 2.05) is 12.1 Å². The van der Waals surface area contributed by atoms with Gasteiger partial charge in [-0.25, -0.2) is 0 Å². The molecular formula is C15H25NO2. The molecular weight excluding hydrogens is 226 g/mol. The van der Waals surface area contributed by atoms with Crippen LogP contribution in [0.2, 0.25) is 0 Å². The molecule has 3 N–H and O–H groups in total. The number of rotatable bonds is 7. The van der Waals surface area contributed by atoms with Gasteiger partial charge < -0.3 is 15.6 Å². The summed E-state index contributed by atoms with van der Waals surface area (Å²) in [5.41, 5.74) is 7.38. The van der Waals surface area contributed by atoms with Crippen molar-refractivity contribution in [2.24, 2.45) is 11.1 Å². The van der Waals surface area contributed by atoms with Crippen molar-refractivity contribution in [3.63, 3.8) is 0 Å². The average Bonchev–Trinajstić information content (AvgIpc) is 2.39. The minimum Gasteiger partial charge on any atom is -0.497 e. The molecule has 3 heteroatoms. The van der Waals surface area contributed by atoms with Gasteiger partial charge in [0, 0.05) is 12.6 Å². The first-order chi connectivity index (χ1) is 8.55. The SMILES string of the molecule is CCC(N)C(C)(CCO)Cc1ccc(OC)cc1. The topological polar surface area (TPSA) is 55.5 Å². The van der Waals surface area contributed by atoms with Crippen molar-refractivity contribution < 1.29 is 9.84 Å². The summed E-state index contributed by atoms with van der Waals surface area (Å²) in [6.45, 7) is 4.43. The van der Waals surface area contributed by atoms with Gasteiger partial charge in [0.25, 0.3) is 0 Å². The monoisotopic (exact) mass is 251 g/mol. The molecule has 2 unspecified atom stereocenters. The molecule has 0 spiro atoms. The van der Waals surface area contributed by atoms with Crippen LogP contribution in [0.15, 0.2) is 24.3 Å². The largest absolute Gasteiger partial charge is 0.497 e. The molecule has 1 rings (SSSR count). The van der Waals surface area contributed by atoms with Crippen LogP contribution in [0.25, 0.3) is 0 Å². The Morgan fingerprint density at radius 3 is 2.39 bits per heavy atom. The van der Waals surface area contributed by atoms with Gasteiger partial charge >= 0.3 is 0 Å². The Morgan fingerprint density at radius 1 is 1.33 bits per heavy atom. The van der Waals surface area contributed by atoms with Crippen molar-refractivity contribution in [3.05, 3.63) is 29.8 Å². The zero-order chi connectivity index (χ0) is 13.6. The summed E-state index contributed by atoms with van der Waals surface area (Å²) in [6, 6.07) is 8.16. The molecule has 0 aromatic heterocycles. The molecule has 0 heterocycles. The molecule has 0 bridgehead atoms. The van der Waals surface area contributed by atoms with E-state index in [0.717, 1.165) is 25.0 Å². The van der Waals surface area contributed by atoms with E-state index in [2.05, 4.69) is 26.0 Å². The van der Waals surface area contributed by atoms with E-state index in [9.17, 15) is 5.11 Å².